The number of benzene rings is 1. The standard InChI is InChI=1S/C13H15F3N2O/c1-8-2-3-9(13(14,15)16)6-11(8)17-7-10-4-5-12(19)18-10/h2-3,6,10,17H,4-5,7H2,1H3,(H,18,19). The van der Waals surface area contributed by atoms with Crippen LogP contribution in [-0.4, -0.2) is 18.5 Å². The number of carbonyl (C=O) groups excluding carboxylic acids is 1. The van der Waals surface area contributed by atoms with Gasteiger partial charge in [0.25, 0.3) is 0 Å². The number of hydrogen-bond acceptors (Lipinski definition) is 2. The molecule has 3 nitrogen and oxygen atoms in total. The summed E-state index contributed by atoms with van der Waals surface area (Å²) in [6.45, 7) is 2.18. The van der Waals surface area contributed by atoms with E-state index >= 15 is 0 Å². The smallest absolute Gasteiger partial charge is 0.383 e. The minimum absolute atomic E-state index is 0.00689. The first kappa shape index (κ1) is 13.7. The van der Waals surface area contributed by atoms with Crippen molar-refractivity contribution in [3.63, 3.8) is 0 Å². The molecular weight excluding hydrogens is 257 g/mol. The van der Waals surface area contributed by atoms with E-state index < -0.39 is 11.7 Å². The molecule has 104 valence electrons. The van der Waals surface area contributed by atoms with Gasteiger partial charge in [-0.1, -0.05) is 6.07 Å². The maximum atomic E-state index is 12.6. The molecule has 19 heavy (non-hydrogen) atoms. The molecule has 0 radical (unpaired) electrons. The van der Waals surface area contributed by atoms with Crippen LogP contribution in [0.3, 0.4) is 0 Å². The van der Waals surface area contributed by atoms with Crippen LogP contribution in [0.15, 0.2) is 18.2 Å². The van der Waals surface area contributed by atoms with Crippen LogP contribution in [0.4, 0.5) is 18.9 Å². The lowest BCUT2D eigenvalue weighted by atomic mass is 10.1. The summed E-state index contributed by atoms with van der Waals surface area (Å²) in [4.78, 5) is 11.0. The zero-order valence-corrected chi connectivity index (χ0v) is 10.5. The summed E-state index contributed by atoms with van der Waals surface area (Å²) >= 11 is 0. The van der Waals surface area contributed by atoms with Gasteiger partial charge in [0.2, 0.25) is 5.91 Å². The van der Waals surface area contributed by atoms with E-state index in [0.29, 0.717) is 25.1 Å². The highest BCUT2D eigenvalue weighted by molar-refractivity contribution is 5.78. The van der Waals surface area contributed by atoms with E-state index in [-0.39, 0.29) is 11.9 Å². The summed E-state index contributed by atoms with van der Waals surface area (Å²) in [5.74, 6) is -0.00689. The first-order valence-electron chi connectivity index (χ1n) is 6.07. The monoisotopic (exact) mass is 272 g/mol. The van der Waals surface area contributed by atoms with E-state index in [9.17, 15) is 18.0 Å². The van der Waals surface area contributed by atoms with Gasteiger partial charge < -0.3 is 10.6 Å². The third-order valence-corrected chi connectivity index (χ3v) is 3.19. The fraction of sp³-hybridized carbons (Fsp3) is 0.462. The summed E-state index contributed by atoms with van der Waals surface area (Å²) in [5, 5.41) is 5.74. The molecule has 0 aromatic heterocycles. The van der Waals surface area contributed by atoms with Gasteiger partial charge in [0.15, 0.2) is 0 Å². The Kier molecular flexibility index (Phi) is 3.68. The zero-order valence-electron chi connectivity index (χ0n) is 10.5. The van der Waals surface area contributed by atoms with Gasteiger partial charge in [-0.2, -0.15) is 13.2 Å². The summed E-state index contributed by atoms with van der Waals surface area (Å²) in [6.07, 6.45) is -3.15. The fourth-order valence-electron chi connectivity index (χ4n) is 2.05. The predicted molar refractivity (Wildman–Crippen MR) is 65.8 cm³/mol. The summed E-state index contributed by atoms with van der Waals surface area (Å²) in [6, 6.07) is 3.60. The minimum Gasteiger partial charge on any atom is -0.383 e. The molecule has 1 aromatic carbocycles. The van der Waals surface area contributed by atoms with Crippen LogP contribution in [0.25, 0.3) is 0 Å². The second-order valence-electron chi connectivity index (χ2n) is 4.71. The van der Waals surface area contributed by atoms with Gasteiger partial charge in [-0.3, -0.25) is 4.79 Å². The van der Waals surface area contributed by atoms with Crippen LogP contribution in [0.1, 0.15) is 24.0 Å². The molecule has 1 amide bonds. The Hall–Kier alpha value is -1.72. The number of nitrogens with one attached hydrogen (secondary N) is 2. The number of alkyl halides is 3. The predicted octanol–water partition coefficient (Wildman–Crippen LogP) is 2.70. The van der Waals surface area contributed by atoms with Crippen molar-refractivity contribution in [2.24, 2.45) is 0 Å². The van der Waals surface area contributed by atoms with Crippen molar-refractivity contribution in [2.45, 2.75) is 32.0 Å². The van der Waals surface area contributed by atoms with Gasteiger partial charge in [-0.15, -0.1) is 0 Å². The summed E-state index contributed by atoms with van der Waals surface area (Å²) in [7, 11) is 0. The van der Waals surface area contributed by atoms with Gasteiger partial charge in [0.1, 0.15) is 0 Å². The molecule has 0 saturated carbocycles. The summed E-state index contributed by atoms with van der Waals surface area (Å²) in [5.41, 5.74) is 0.532. The largest absolute Gasteiger partial charge is 0.416 e. The van der Waals surface area contributed by atoms with Crippen molar-refractivity contribution in [3.05, 3.63) is 29.3 Å². The van der Waals surface area contributed by atoms with Crippen LogP contribution in [0.2, 0.25) is 0 Å². The number of aryl methyl sites for hydroxylation is 1. The van der Waals surface area contributed by atoms with Crippen LogP contribution in [0.5, 0.6) is 0 Å². The lowest BCUT2D eigenvalue weighted by molar-refractivity contribution is -0.137. The number of rotatable bonds is 3. The molecule has 0 aliphatic carbocycles. The second-order valence-corrected chi connectivity index (χ2v) is 4.71. The molecule has 1 aromatic rings. The Morgan fingerprint density at radius 2 is 2.16 bits per heavy atom. The van der Waals surface area contributed by atoms with Crippen molar-refractivity contribution < 1.29 is 18.0 Å². The topological polar surface area (TPSA) is 41.1 Å². The Morgan fingerprint density at radius 1 is 1.42 bits per heavy atom. The maximum absolute atomic E-state index is 12.6. The number of hydrogen-bond donors (Lipinski definition) is 2. The summed E-state index contributed by atoms with van der Waals surface area (Å²) < 4.78 is 37.8. The van der Waals surface area contributed by atoms with Crippen molar-refractivity contribution in [1.82, 2.24) is 5.32 Å². The lowest BCUT2D eigenvalue weighted by Crippen LogP contribution is -2.32. The minimum atomic E-state index is -4.34. The van der Waals surface area contributed by atoms with Crippen molar-refractivity contribution in [2.75, 3.05) is 11.9 Å². The average molecular weight is 272 g/mol. The van der Waals surface area contributed by atoms with E-state index in [1.165, 1.54) is 6.07 Å². The number of carbonyl (C=O) groups is 1. The van der Waals surface area contributed by atoms with E-state index in [0.717, 1.165) is 17.7 Å². The van der Waals surface area contributed by atoms with Crippen LogP contribution in [0, 0.1) is 6.92 Å². The first-order chi connectivity index (χ1) is 8.86. The maximum Gasteiger partial charge on any atom is 0.416 e. The molecule has 1 aliphatic rings. The van der Waals surface area contributed by atoms with Crippen molar-refractivity contribution >= 4 is 11.6 Å². The SMILES string of the molecule is Cc1ccc(C(F)(F)F)cc1NCC1CCC(=O)N1. The van der Waals surface area contributed by atoms with Crippen LogP contribution >= 0.6 is 0 Å². The van der Waals surface area contributed by atoms with Crippen LogP contribution in [-0.2, 0) is 11.0 Å². The molecule has 1 fully saturated rings. The molecule has 6 heteroatoms. The van der Waals surface area contributed by atoms with Crippen molar-refractivity contribution in [1.29, 1.82) is 0 Å². The third kappa shape index (κ3) is 3.39. The Bertz CT molecular complexity index is 485. The highest BCUT2D eigenvalue weighted by Crippen LogP contribution is 2.32. The normalized spacial score (nSPS) is 19.4. The second kappa shape index (κ2) is 5.11. The third-order valence-electron chi connectivity index (χ3n) is 3.19. The molecule has 0 spiro atoms. The number of halogens is 3. The fourth-order valence-corrected chi connectivity index (χ4v) is 2.05. The number of amides is 1. The molecule has 1 atom stereocenters. The highest BCUT2D eigenvalue weighted by Gasteiger charge is 2.30. The molecule has 1 unspecified atom stereocenters. The highest BCUT2D eigenvalue weighted by atomic mass is 19.4. The first-order valence-corrected chi connectivity index (χ1v) is 6.07. The van der Waals surface area contributed by atoms with Crippen LogP contribution < -0.4 is 10.6 Å². The Morgan fingerprint density at radius 3 is 2.74 bits per heavy atom. The van der Waals surface area contributed by atoms with Gasteiger partial charge in [0, 0.05) is 24.7 Å². The molecule has 1 saturated heterocycles. The average Bonchev–Trinajstić information content (AvgIpc) is 2.72. The Labute approximate surface area is 109 Å². The quantitative estimate of drug-likeness (QED) is 0.888. The molecule has 1 aliphatic heterocycles. The van der Waals surface area contributed by atoms with E-state index in [1.54, 1.807) is 6.92 Å². The molecular formula is C13H15F3N2O. The molecule has 2 rings (SSSR count). The van der Waals surface area contributed by atoms with Gasteiger partial charge >= 0.3 is 6.18 Å². The lowest BCUT2D eigenvalue weighted by Gasteiger charge is -2.16. The van der Waals surface area contributed by atoms with E-state index in [4.69, 9.17) is 0 Å². The van der Waals surface area contributed by atoms with E-state index in [2.05, 4.69) is 10.6 Å². The Balaban J connectivity index is 2.05. The number of anilines is 1. The zero-order chi connectivity index (χ0) is 14.0. The van der Waals surface area contributed by atoms with E-state index in [1.807, 2.05) is 0 Å². The van der Waals surface area contributed by atoms with Gasteiger partial charge in [-0.05, 0) is 31.0 Å². The molecule has 0 bridgehead atoms. The molecule has 2 N–H and O–H groups in total. The van der Waals surface area contributed by atoms with Gasteiger partial charge in [0.05, 0.1) is 5.56 Å². The van der Waals surface area contributed by atoms with Gasteiger partial charge in [-0.25, -0.2) is 0 Å². The molecule has 1 heterocycles. The van der Waals surface area contributed by atoms with Crippen molar-refractivity contribution in [3.8, 4) is 0 Å².